The average molecular weight is 209 g/mol. The van der Waals surface area contributed by atoms with Crippen LogP contribution >= 0.6 is 11.3 Å². The summed E-state index contributed by atoms with van der Waals surface area (Å²) in [6, 6.07) is 1.96. The monoisotopic (exact) mass is 209 g/mol. The van der Waals surface area contributed by atoms with Crippen LogP contribution in [0.2, 0.25) is 0 Å². The Bertz CT molecular complexity index is 379. The Morgan fingerprint density at radius 3 is 3.07 bits per heavy atom. The van der Waals surface area contributed by atoms with E-state index in [0.29, 0.717) is 11.5 Å². The van der Waals surface area contributed by atoms with Crippen LogP contribution in [0.4, 0.5) is 10.1 Å². The molecule has 2 aromatic rings. The van der Waals surface area contributed by atoms with Crippen molar-refractivity contribution in [3.8, 4) is 0 Å². The summed E-state index contributed by atoms with van der Waals surface area (Å²) >= 11 is 1.43. The lowest BCUT2D eigenvalue weighted by molar-refractivity contribution is 0.747. The summed E-state index contributed by atoms with van der Waals surface area (Å²) in [5.74, 6) is 0. The fourth-order valence-electron chi connectivity index (χ4n) is 1.09. The zero-order valence-corrected chi connectivity index (χ0v) is 8.58. The molecule has 0 aliphatic heterocycles. The number of thiazole rings is 1. The first-order chi connectivity index (χ1) is 6.74. The molecule has 0 aliphatic rings. The quantitative estimate of drug-likeness (QED) is 0.793. The van der Waals surface area contributed by atoms with E-state index in [4.69, 9.17) is 5.73 Å². The molecule has 0 bridgehead atoms. The number of nitrogens with one attached hydrogen (secondary N) is 1. The number of hydrogen-bond donors (Lipinski definition) is 2. The summed E-state index contributed by atoms with van der Waals surface area (Å²) in [6.07, 6.45) is 3.55. The van der Waals surface area contributed by atoms with E-state index >= 15 is 0 Å². The molecule has 0 spiro atoms. The number of anilines is 2. The van der Waals surface area contributed by atoms with Gasteiger partial charge in [-0.25, -0.2) is 4.98 Å². The molecule has 0 fully saturated rings. The van der Waals surface area contributed by atoms with Gasteiger partial charge < -0.3 is 11.1 Å². The number of hydrogen-bond acceptors (Lipinski definition) is 5. The molecule has 6 heteroatoms. The van der Waals surface area contributed by atoms with Gasteiger partial charge in [-0.15, -0.1) is 0 Å². The van der Waals surface area contributed by atoms with Gasteiger partial charge in [0.15, 0.2) is 5.13 Å². The predicted octanol–water partition coefficient (Wildman–Crippen LogP) is 1.07. The Morgan fingerprint density at radius 2 is 2.50 bits per heavy atom. The maximum absolute atomic E-state index is 5.55. The van der Waals surface area contributed by atoms with E-state index in [1.807, 2.05) is 19.3 Å². The van der Waals surface area contributed by atoms with E-state index in [1.165, 1.54) is 11.3 Å². The maximum Gasteiger partial charge on any atom is 0.184 e. The zero-order chi connectivity index (χ0) is 9.97. The molecule has 2 heterocycles. The zero-order valence-electron chi connectivity index (χ0n) is 7.77. The van der Waals surface area contributed by atoms with Gasteiger partial charge in [0, 0.05) is 13.2 Å². The van der Waals surface area contributed by atoms with Gasteiger partial charge in [-0.3, -0.25) is 4.68 Å². The SMILES string of the molecule is Cn1ccc(CNc2ncc(N)s2)n1. The van der Waals surface area contributed by atoms with Gasteiger partial charge in [0.1, 0.15) is 5.00 Å². The molecule has 0 unspecified atom stereocenters. The normalized spacial score (nSPS) is 10.4. The minimum absolute atomic E-state index is 0.674. The summed E-state index contributed by atoms with van der Waals surface area (Å²) in [7, 11) is 1.89. The van der Waals surface area contributed by atoms with Crippen molar-refractivity contribution in [1.82, 2.24) is 14.8 Å². The lowest BCUT2D eigenvalue weighted by Crippen LogP contribution is -2.00. The molecule has 2 aromatic heterocycles. The Hall–Kier alpha value is -1.56. The highest BCUT2D eigenvalue weighted by atomic mass is 32.1. The smallest absolute Gasteiger partial charge is 0.184 e. The van der Waals surface area contributed by atoms with Gasteiger partial charge in [-0.2, -0.15) is 5.10 Å². The predicted molar refractivity (Wildman–Crippen MR) is 57.1 cm³/mol. The number of aromatic nitrogens is 3. The van der Waals surface area contributed by atoms with Gasteiger partial charge in [0.25, 0.3) is 0 Å². The molecule has 0 atom stereocenters. The molecule has 0 saturated carbocycles. The molecule has 0 radical (unpaired) electrons. The van der Waals surface area contributed by atoms with Crippen molar-refractivity contribution in [1.29, 1.82) is 0 Å². The van der Waals surface area contributed by atoms with Crippen molar-refractivity contribution in [2.24, 2.45) is 7.05 Å². The molecule has 14 heavy (non-hydrogen) atoms. The van der Waals surface area contributed by atoms with Gasteiger partial charge in [0.2, 0.25) is 0 Å². The molecule has 0 aromatic carbocycles. The van der Waals surface area contributed by atoms with Gasteiger partial charge >= 0.3 is 0 Å². The lowest BCUT2D eigenvalue weighted by Gasteiger charge is -1.97. The van der Waals surface area contributed by atoms with Crippen molar-refractivity contribution >= 4 is 21.5 Å². The Balaban J connectivity index is 1.94. The second-order valence-corrected chi connectivity index (χ2v) is 3.96. The van der Waals surface area contributed by atoms with E-state index in [2.05, 4.69) is 15.4 Å². The topological polar surface area (TPSA) is 68.8 Å². The number of rotatable bonds is 3. The maximum atomic E-state index is 5.55. The van der Waals surface area contributed by atoms with Crippen LogP contribution in [0.5, 0.6) is 0 Å². The Morgan fingerprint density at radius 1 is 1.64 bits per heavy atom. The van der Waals surface area contributed by atoms with Gasteiger partial charge in [-0.05, 0) is 6.07 Å². The molecule has 74 valence electrons. The van der Waals surface area contributed by atoms with Gasteiger partial charge in [-0.1, -0.05) is 11.3 Å². The fraction of sp³-hybridized carbons (Fsp3) is 0.250. The van der Waals surface area contributed by atoms with Crippen molar-refractivity contribution in [2.45, 2.75) is 6.54 Å². The molecular weight excluding hydrogens is 198 g/mol. The standard InChI is InChI=1S/C8H11N5S/c1-13-3-2-6(12-13)4-10-8-11-5-7(9)14-8/h2-3,5H,4,9H2,1H3,(H,10,11). The van der Waals surface area contributed by atoms with Crippen LogP contribution in [0.15, 0.2) is 18.5 Å². The van der Waals surface area contributed by atoms with E-state index < -0.39 is 0 Å². The van der Waals surface area contributed by atoms with E-state index in [1.54, 1.807) is 10.9 Å². The highest BCUT2D eigenvalue weighted by Gasteiger charge is 2.00. The number of aryl methyl sites for hydroxylation is 1. The van der Waals surface area contributed by atoms with Crippen LogP contribution < -0.4 is 11.1 Å². The lowest BCUT2D eigenvalue weighted by atomic mass is 10.4. The fourth-order valence-corrected chi connectivity index (χ4v) is 1.67. The highest BCUT2D eigenvalue weighted by molar-refractivity contribution is 7.19. The van der Waals surface area contributed by atoms with Crippen molar-refractivity contribution in [2.75, 3.05) is 11.1 Å². The largest absolute Gasteiger partial charge is 0.389 e. The molecule has 0 aliphatic carbocycles. The van der Waals surface area contributed by atoms with Gasteiger partial charge in [0.05, 0.1) is 18.4 Å². The van der Waals surface area contributed by atoms with Crippen LogP contribution in [0, 0.1) is 0 Å². The van der Waals surface area contributed by atoms with Crippen LogP contribution in [-0.2, 0) is 13.6 Å². The van der Waals surface area contributed by atoms with Crippen LogP contribution in [0.25, 0.3) is 0 Å². The first-order valence-electron chi connectivity index (χ1n) is 4.18. The Labute approximate surface area is 85.6 Å². The Kier molecular flexibility index (Phi) is 2.36. The van der Waals surface area contributed by atoms with E-state index in [9.17, 15) is 0 Å². The second-order valence-electron chi connectivity index (χ2n) is 2.90. The molecule has 0 amide bonds. The minimum atomic E-state index is 0.674. The average Bonchev–Trinajstić information content (AvgIpc) is 2.72. The first-order valence-corrected chi connectivity index (χ1v) is 4.99. The minimum Gasteiger partial charge on any atom is -0.389 e. The van der Waals surface area contributed by atoms with Crippen molar-refractivity contribution in [3.05, 3.63) is 24.2 Å². The molecule has 5 nitrogen and oxygen atoms in total. The summed E-state index contributed by atoms with van der Waals surface area (Å²) < 4.78 is 1.77. The summed E-state index contributed by atoms with van der Waals surface area (Å²) in [4.78, 5) is 4.09. The van der Waals surface area contributed by atoms with Crippen LogP contribution in [0.3, 0.4) is 0 Å². The van der Waals surface area contributed by atoms with E-state index in [-0.39, 0.29) is 0 Å². The van der Waals surface area contributed by atoms with E-state index in [0.717, 1.165) is 10.8 Å². The molecule has 2 rings (SSSR count). The summed E-state index contributed by atoms with van der Waals surface area (Å²) in [5, 5.41) is 8.92. The molecular formula is C8H11N5S. The number of nitrogen functional groups attached to an aromatic ring is 1. The summed E-state index contributed by atoms with van der Waals surface area (Å²) in [6.45, 7) is 0.674. The van der Waals surface area contributed by atoms with Crippen molar-refractivity contribution in [3.63, 3.8) is 0 Å². The van der Waals surface area contributed by atoms with Crippen LogP contribution in [0.1, 0.15) is 5.69 Å². The van der Waals surface area contributed by atoms with Crippen molar-refractivity contribution < 1.29 is 0 Å². The molecule has 0 saturated heterocycles. The third-order valence-electron chi connectivity index (χ3n) is 1.71. The third kappa shape index (κ3) is 2.02. The number of nitrogens with zero attached hydrogens (tertiary/aromatic N) is 3. The highest BCUT2D eigenvalue weighted by Crippen LogP contribution is 2.19. The number of nitrogens with two attached hydrogens (primary N) is 1. The summed E-state index contributed by atoms with van der Waals surface area (Å²) in [5.41, 5.74) is 6.54. The second kappa shape index (κ2) is 3.67. The third-order valence-corrected chi connectivity index (χ3v) is 2.50. The van der Waals surface area contributed by atoms with Crippen LogP contribution in [-0.4, -0.2) is 14.8 Å². The first kappa shape index (κ1) is 9.01. The molecule has 3 N–H and O–H groups in total.